The Hall–Kier alpha value is -2.48. The van der Waals surface area contributed by atoms with E-state index in [2.05, 4.69) is 49.0 Å². The summed E-state index contributed by atoms with van der Waals surface area (Å²) >= 11 is 3.40. The molecule has 8 heteroatoms. The zero-order chi connectivity index (χ0) is 18.1. The highest BCUT2D eigenvalue weighted by molar-refractivity contribution is 9.10. The molecule has 3 aromatic rings. The van der Waals surface area contributed by atoms with Gasteiger partial charge in [-0.1, -0.05) is 22.9 Å². The first kappa shape index (κ1) is 17.0. The van der Waals surface area contributed by atoms with Crippen molar-refractivity contribution in [3.05, 3.63) is 52.4 Å². The van der Waals surface area contributed by atoms with Crippen LogP contribution in [0, 0.1) is 0 Å². The highest BCUT2D eigenvalue weighted by atomic mass is 79.9. The molecular formula is C18H19BrN6O. The Morgan fingerprint density at radius 3 is 2.58 bits per heavy atom. The van der Waals surface area contributed by atoms with E-state index >= 15 is 0 Å². The molecule has 0 saturated carbocycles. The van der Waals surface area contributed by atoms with Gasteiger partial charge in [0.15, 0.2) is 0 Å². The van der Waals surface area contributed by atoms with Crippen molar-refractivity contribution in [2.24, 2.45) is 0 Å². The van der Waals surface area contributed by atoms with Crippen molar-refractivity contribution in [2.45, 2.75) is 13.3 Å². The number of anilines is 1. The Bertz CT molecular complexity index is 931. The minimum atomic E-state index is 0.0762. The van der Waals surface area contributed by atoms with Crippen LogP contribution in [-0.2, 0) is 6.42 Å². The lowest BCUT2D eigenvalue weighted by Crippen LogP contribution is -2.49. The predicted molar refractivity (Wildman–Crippen MR) is 102 cm³/mol. The Balaban J connectivity index is 1.48. The number of amides is 1. The van der Waals surface area contributed by atoms with Crippen LogP contribution in [0.5, 0.6) is 0 Å². The van der Waals surface area contributed by atoms with Crippen molar-refractivity contribution in [3.63, 3.8) is 0 Å². The van der Waals surface area contributed by atoms with E-state index in [1.807, 2.05) is 33.6 Å². The first-order chi connectivity index (χ1) is 12.7. The number of piperazine rings is 1. The lowest BCUT2D eigenvalue weighted by atomic mass is 10.2. The normalized spacial score (nSPS) is 14.8. The number of fused-ring (bicyclic) bond motifs is 1. The summed E-state index contributed by atoms with van der Waals surface area (Å²) in [5.41, 5.74) is 1.85. The summed E-state index contributed by atoms with van der Waals surface area (Å²) in [6.07, 6.45) is 2.58. The van der Waals surface area contributed by atoms with Crippen molar-refractivity contribution >= 4 is 33.4 Å². The molecule has 1 aliphatic rings. The highest BCUT2D eigenvalue weighted by Gasteiger charge is 2.23. The van der Waals surface area contributed by atoms with Crippen molar-refractivity contribution in [3.8, 4) is 0 Å². The molecule has 0 aliphatic carbocycles. The molecule has 0 unspecified atom stereocenters. The van der Waals surface area contributed by atoms with E-state index in [1.165, 1.54) is 0 Å². The van der Waals surface area contributed by atoms with Gasteiger partial charge in [0.25, 0.3) is 11.7 Å². The van der Waals surface area contributed by atoms with E-state index in [9.17, 15) is 4.79 Å². The molecule has 3 heterocycles. The third-order valence-electron chi connectivity index (χ3n) is 4.69. The molecule has 1 saturated heterocycles. The summed E-state index contributed by atoms with van der Waals surface area (Å²) in [6.45, 7) is 4.96. The van der Waals surface area contributed by atoms with Crippen LogP contribution in [0.15, 0.2) is 41.1 Å². The molecule has 0 radical (unpaired) electrons. The van der Waals surface area contributed by atoms with E-state index in [-0.39, 0.29) is 5.91 Å². The van der Waals surface area contributed by atoms with Crippen molar-refractivity contribution in [2.75, 3.05) is 31.1 Å². The second-order valence-electron chi connectivity index (χ2n) is 6.25. The minimum absolute atomic E-state index is 0.0762. The van der Waals surface area contributed by atoms with Crippen molar-refractivity contribution < 1.29 is 4.79 Å². The average Bonchev–Trinajstić information content (AvgIpc) is 3.16. The van der Waals surface area contributed by atoms with Crippen LogP contribution >= 0.6 is 15.9 Å². The predicted octanol–water partition coefficient (Wildman–Crippen LogP) is 2.41. The maximum atomic E-state index is 12.6. The summed E-state index contributed by atoms with van der Waals surface area (Å²) in [7, 11) is 0. The second kappa shape index (κ2) is 7.03. The first-order valence-electron chi connectivity index (χ1n) is 8.65. The molecule has 0 atom stereocenters. The molecule has 1 aliphatic heterocycles. The number of halogens is 1. The number of nitrogens with zero attached hydrogens (tertiary/aromatic N) is 6. The topological polar surface area (TPSA) is 66.6 Å². The first-order valence-corrected chi connectivity index (χ1v) is 9.44. The molecule has 0 N–H and O–H groups in total. The van der Waals surface area contributed by atoms with Crippen LogP contribution in [0.4, 0.5) is 5.82 Å². The second-order valence-corrected chi connectivity index (χ2v) is 7.16. The van der Waals surface area contributed by atoms with Gasteiger partial charge in [0.1, 0.15) is 12.1 Å². The number of aromatic nitrogens is 4. The number of hydrogen-bond acceptors (Lipinski definition) is 5. The SMILES string of the molecule is CCc1cc(N2CCN(C(=O)c3ccc(Br)cc3)CC2)nc2nncn12. The van der Waals surface area contributed by atoms with Gasteiger partial charge in [-0.25, -0.2) is 0 Å². The maximum Gasteiger partial charge on any atom is 0.256 e. The van der Waals surface area contributed by atoms with Crippen LogP contribution in [0.25, 0.3) is 5.78 Å². The van der Waals surface area contributed by atoms with E-state index in [0.29, 0.717) is 18.9 Å². The summed E-state index contributed by atoms with van der Waals surface area (Å²) < 4.78 is 2.89. The Morgan fingerprint density at radius 2 is 1.88 bits per heavy atom. The Labute approximate surface area is 159 Å². The molecule has 1 aromatic carbocycles. The molecule has 7 nitrogen and oxygen atoms in total. The molecule has 0 spiro atoms. The molecule has 4 rings (SSSR count). The van der Waals surface area contributed by atoms with E-state index in [0.717, 1.165) is 41.1 Å². The lowest BCUT2D eigenvalue weighted by molar-refractivity contribution is 0.0746. The van der Waals surface area contributed by atoms with Gasteiger partial charge in [-0.15, -0.1) is 10.2 Å². The quantitative estimate of drug-likeness (QED) is 0.658. The average molecular weight is 415 g/mol. The van der Waals surface area contributed by atoms with Crippen molar-refractivity contribution in [1.82, 2.24) is 24.5 Å². The Kier molecular flexibility index (Phi) is 4.58. The van der Waals surface area contributed by atoms with E-state index in [4.69, 9.17) is 0 Å². The van der Waals surface area contributed by atoms with Crippen LogP contribution in [0.3, 0.4) is 0 Å². The molecule has 0 bridgehead atoms. The standard InChI is InChI=1S/C18H19BrN6O/c1-2-15-11-16(21-18-22-20-12-25(15)18)23-7-9-24(10-8-23)17(26)13-3-5-14(19)6-4-13/h3-6,11-12H,2,7-10H2,1H3. The van der Waals surface area contributed by atoms with Crippen LogP contribution in [0.2, 0.25) is 0 Å². The van der Waals surface area contributed by atoms with Gasteiger partial charge in [-0.2, -0.15) is 4.98 Å². The van der Waals surface area contributed by atoms with Gasteiger partial charge in [-0.05, 0) is 30.7 Å². The van der Waals surface area contributed by atoms with Gasteiger partial charge < -0.3 is 9.80 Å². The molecule has 1 amide bonds. The zero-order valence-corrected chi connectivity index (χ0v) is 16.1. The van der Waals surface area contributed by atoms with Crippen LogP contribution < -0.4 is 4.90 Å². The molecule has 26 heavy (non-hydrogen) atoms. The van der Waals surface area contributed by atoms with Gasteiger partial charge in [-0.3, -0.25) is 9.20 Å². The number of carbonyl (C=O) groups excluding carboxylic acids is 1. The minimum Gasteiger partial charge on any atom is -0.353 e. The lowest BCUT2D eigenvalue weighted by Gasteiger charge is -2.35. The number of hydrogen-bond donors (Lipinski definition) is 0. The zero-order valence-electron chi connectivity index (χ0n) is 14.5. The number of carbonyl (C=O) groups is 1. The summed E-state index contributed by atoms with van der Waals surface area (Å²) in [5, 5.41) is 8.03. The largest absolute Gasteiger partial charge is 0.353 e. The Morgan fingerprint density at radius 1 is 1.15 bits per heavy atom. The molecule has 134 valence electrons. The van der Waals surface area contributed by atoms with Gasteiger partial charge in [0.05, 0.1) is 0 Å². The van der Waals surface area contributed by atoms with Crippen LogP contribution in [-0.4, -0.2) is 56.6 Å². The fourth-order valence-electron chi connectivity index (χ4n) is 3.21. The number of rotatable bonds is 3. The number of benzene rings is 1. The van der Waals surface area contributed by atoms with Crippen LogP contribution in [0.1, 0.15) is 23.0 Å². The summed E-state index contributed by atoms with van der Waals surface area (Å²) in [4.78, 5) is 21.4. The monoisotopic (exact) mass is 414 g/mol. The fraction of sp³-hybridized carbons (Fsp3) is 0.333. The summed E-state index contributed by atoms with van der Waals surface area (Å²) in [5.74, 6) is 1.60. The van der Waals surface area contributed by atoms with E-state index < -0.39 is 0 Å². The third kappa shape index (κ3) is 3.16. The number of aryl methyl sites for hydroxylation is 1. The molecule has 1 fully saturated rings. The molecular weight excluding hydrogens is 396 g/mol. The van der Waals surface area contributed by atoms with Crippen molar-refractivity contribution in [1.29, 1.82) is 0 Å². The fourth-order valence-corrected chi connectivity index (χ4v) is 3.47. The van der Waals surface area contributed by atoms with E-state index in [1.54, 1.807) is 6.33 Å². The van der Waals surface area contributed by atoms with Gasteiger partial charge in [0, 0.05) is 48.0 Å². The van der Waals surface area contributed by atoms with Gasteiger partial charge in [0.2, 0.25) is 0 Å². The summed E-state index contributed by atoms with van der Waals surface area (Å²) in [6, 6.07) is 9.59. The van der Waals surface area contributed by atoms with Gasteiger partial charge >= 0.3 is 0 Å². The highest BCUT2D eigenvalue weighted by Crippen LogP contribution is 2.19. The smallest absolute Gasteiger partial charge is 0.256 e. The molecule has 2 aromatic heterocycles. The third-order valence-corrected chi connectivity index (χ3v) is 5.22. The maximum absolute atomic E-state index is 12.6.